The Kier molecular flexibility index (Phi) is 31.4. The number of amides is 2. The Bertz CT molecular complexity index is 2670. The van der Waals surface area contributed by atoms with Crippen LogP contribution in [0.3, 0.4) is 0 Å². The largest absolute Gasteiger partial charge is 0.483 e. The zero-order chi connectivity index (χ0) is 59.2. The highest BCUT2D eigenvalue weighted by Gasteiger charge is 2.33. The summed E-state index contributed by atoms with van der Waals surface area (Å²) >= 11 is 7.73. The minimum atomic E-state index is -0.765. The van der Waals surface area contributed by atoms with Crippen molar-refractivity contribution in [2.75, 3.05) is 64.8 Å². The predicted octanol–water partition coefficient (Wildman–Crippen LogP) is 10.3. The van der Waals surface area contributed by atoms with Crippen molar-refractivity contribution >= 4 is 88.2 Å². The standard InChI is InChI=1S/C32H38N6O3.C21H25ClN2O3S.2C2H6.2CH4O.H2O2/c1-4-24-14-17-38-30(35-24)19-25(20-34-38)36-15-12-23(13-16-36)26-10-11-28(31-22(2)7-5-8-27(26)31)37(21-40)29(9-6-18-39)32(41)33-3;1-21(2)12-16(7-8-24(21)3)23-15-6-4-5-14(11-15)20-18(22)19(27-10-9-25)17(13-26)28-20;5*1-2/h5,7-8,10-11,14,17-21,23,29-30H,4,6,9,12-13,15-16H2,1-3H3,(H,33,41);4-6,9,11,13,16,23H,7-8,10,12H2,1-3H3;2*1-2H3;2*2H,1H3;1-2H. The Labute approximate surface area is 476 Å². The summed E-state index contributed by atoms with van der Waals surface area (Å²) in [5, 5.41) is 41.2. The second-order valence-corrected chi connectivity index (χ2v) is 19.9. The summed E-state index contributed by atoms with van der Waals surface area (Å²) in [5.41, 5.74) is 7.29. The zero-order valence-electron chi connectivity index (χ0n) is 48.1. The van der Waals surface area contributed by atoms with Gasteiger partial charge in [-0.2, -0.15) is 5.10 Å². The van der Waals surface area contributed by atoms with E-state index in [0.29, 0.717) is 46.5 Å². The topological polar surface area (TPSA) is 237 Å². The molecular weight excluding hydrogens is 1050 g/mol. The second kappa shape index (κ2) is 36.0. The lowest BCUT2D eigenvalue weighted by molar-refractivity contribution is -0.176. The number of halogens is 1. The number of hydrazone groups is 1. The van der Waals surface area contributed by atoms with Crippen LogP contribution in [0.15, 0.2) is 88.7 Å². The number of thiophene rings is 1. The number of aryl methyl sites for hydroxylation is 1. The number of likely N-dealkylation sites (tertiary alicyclic amines) is 2. The second-order valence-electron chi connectivity index (χ2n) is 18.4. The Hall–Kier alpha value is -6.32. The maximum absolute atomic E-state index is 12.7. The van der Waals surface area contributed by atoms with Crippen molar-refractivity contribution < 1.29 is 49.4 Å². The number of aliphatic hydroxyl groups is 2. The minimum absolute atomic E-state index is 0.0851. The fourth-order valence-electron chi connectivity index (χ4n) is 9.71. The number of carbonyl (C=O) groups is 5. The number of rotatable bonds is 17. The van der Waals surface area contributed by atoms with Gasteiger partial charge >= 0.3 is 0 Å². The number of anilines is 2. The van der Waals surface area contributed by atoms with Crippen LogP contribution in [0, 0.1) is 6.92 Å². The van der Waals surface area contributed by atoms with Crippen molar-refractivity contribution in [2.24, 2.45) is 10.1 Å². The van der Waals surface area contributed by atoms with Crippen LogP contribution in [0.1, 0.15) is 120 Å². The number of aliphatic hydroxyl groups excluding tert-OH is 2. The van der Waals surface area contributed by atoms with Crippen molar-refractivity contribution in [1.82, 2.24) is 20.1 Å². The molecular formula is C59H85ClN8O10S. The number of piperidine rings is 2. The first-order chi connectivity index (χ1) is 38.3. The van der Waals surface area contributed by atoms with Crippen LogP contribution in [-0.2, 0) is 19.2 Å². The molecule has 18 nitrogen and oxygen atoms in total. The van der Waals surface area contributed by atoms with Gasteiger partial charge in [-0.1, -0.05) is 82.6 Å². The minimum Gasteiger partial charge on any atom is -0.483 e. The summed E-state index contributed by atoms with van der Waals surface area (Å²) in [4.78, 5) is 70.5. The first-order valence-electron chi connectivity index (χ1n) is 26.8. The number of likely N-dealkylation sites (N-methyl/N-ethyl adjacent to an activating group) is 1. The van der Waals surface area contributed by atoms with Gasteiger partial charge in [-0.05, 0) is 125 Å². The van der Waals surface area contributed by atoms with E-state index in [0.717, 1.165) is 116 Å². The van der Waals surface area contributed by atoms with Crippen LogP contribution in [-0.4, -0.2) is 157 Å². The van der Waals surface area contributed by atoms with Gasteiger partial charge in [0, 0.05) is 81.9 Å². The summed E-state index contributed by atoms with van der Waals surface area (Å²) in [5.74, 6) is 0.347. The fourth-order valence-corrected chi connectivity index (χ4v) is 11.1. The highest BCUT2D eigenvalue weighted by Crippen LogP contribution is 2.45. The number of hydrogen-bond donors (Lipinski definition) is 6. The molecule has 1 aromatic heterocycles. The van der Waals surface area contributed by atoms with Gasteiger partial charge in [-0.25, -0.2) is 5.01 Å². The molecule has 434 valence electrons. The van der Waals surface area contributed by atoms with E-state index in [-0.39, 0.29) is 42.8 Å². The van der Waals surface area contributed by atoms with Crippen LogP contribution in [0.2, 0.25) is 5.02 Å². The SMILES string of the molecule is CC.CC.CCC1=NC2C=C(N3CCC(c4ccc(N(C=O)C(CCC=O)C(=O)NC)c5c(C)cccc45)CC3)C=NN2C=C1.CN1CCC(Nc2cccc(-c3sc(C=O)c(OCC=O)c3Cl)c2)CC1(C)C.CO.CO.OO. The van der Waals surface area contributed by atoms with E-state index in [1.165, 1.54) is 21.8 Å². The van der Waals surface area contributed by atoms with Crippen LogP contribution >= 0.6 is 22.9 Å². The van der Waals surface area contributed by atoms with Crippen LogP contribution in [0.25, 0.3) is 21.2 Å². The van der Waals surface area contributed by atoms with E-state index in [2.05, 4.69) is 71.6 Å². The number of aliphatic imine (C=N–C) groups is 1. The molecule has 8 rings (SSSR count). The number of carbonyl (C=O) groups excluding carboxylic acids is 5. The van der Waals surface area contributed by atoms with Crippen LogP contribution in [0.4, 0.5) is 11.4 Å². The quantitative estimate of drug-likeness (QED) is 0.0328. The molecule has 4 aliphatic heterocycles. The van der Waals surface area contributed by atoms with Crippen molar-refractivity contribution in [1.29, 1.82) is 0 Å². The number of hydrogen-bond acceptors (Lipinski definition) is 17. The number of aldehydes is 3. The van der Waals surface area contributed by atoms with Crippen molar-refractivity contribution in [3.63, 3.8) is 0 Å². The first kappa shape index (κ1) is 68.8. The van der Waals surface area contributed by atoms with E-state index >= 15 is 0 Å². The van der Waals surface area contributed by atoms with Gasteiger partial charge in [0.25, 0.3) is 0 Å². The Morgan fingerprint density at radius 1 is 0.962 bits per heavy atom. The van der Waals surface area contributed by atoms with E-state index in [1.807, 2.05) is 101 Å². The highest BCUT2D eigenvalue weighted by molar-refractivity contribution is 7.18. The average Bonchev–Trinajstić information content (AvgIpc) is 3.84. The predicted molar refractivity (Wildman–Crippen MR) is 322 cm³/mol. The molecule has 2 fully saturated rings. The molecule has 6 N–H and O–H groups in total. The number of nitrogens with one attached hydrogen (secondary N) is 2. The van der Waals surface area contributed by atoms with E-state index in [9.17, 15) is 24.0 Å². The van der Waals surface area contributed by atoms with Crippen molar-refractivity contribution in [3.05, 3.63) is 99.7 Å². The lowest BCUT2D eigenvalue weighted by atomic mass is 9.84. The molecule has 3 unspecified atom stereocenters. The molecule has 79 heavy (non-hydrogen) atoms. The van der Waals surface area contributed by atoms with Crippen molar-refractivity contribution in [3.8, 4) is 16.2 Å². The average molecular weight is 1130 g/mol. The van der Waals surface area contributed by atoms with E-state index < -0.39 is 6.04 Å². The summed E-state index contributed by atoms with van der Waals surface area (Å²) in [6.07, 6.45) is 16.4. The Morgan fingerprint density at radius 2 is 1.65 bits per heavy atom. The zero-order valence-corrected chi connectivity index (χ0v) is 49.7. The molecule has 0 aliphatic carbocycles. The third-order valence-electron chi connectivity index (χ3n) is 13.7. The van der Waals surface area contributed by atoms with Crippen LogP contribution in [0.5, 0.6) is 5.75 Å². The normalized spacial score (nSPS) is 17.2. The Balaban J connectivity index is 0.000000490. The maximum Gasteiger partial charge on any atom is 0.242 e. The number of benzene rings is 3. The lowest BCUT2D eigenvalue weighted by Gasteiger charge is -2.44. The summed E-state index contributed by atoms with van der Waals surface area (Å²) < 4.78 is 5.35. The van der Waals surface area contributed by atoms with Gasteiger partial charge in [-0.15, -0.1) is 11.3 Å². The molecule has 0 bridgehead atoms. The van der Waals surface area contributed by atoms with Crippen LogP contribution < -0.4 is 20.3 Å². The van der Waals surface area contributed by atoms with Crippen molar-refractivity contribution in [2.45, 2.75) is 130 Å². The number of allylic oxidation sites excluding steroid dienone is 2. The Morgan fingerprint density at radius 3 is 2.25 bits per heavy atom. The number of nitrogens with zero attached hydrogens (tertiary/aromatic N) is 6. The van der Waals surface area contributed by atoms with Gasteiger partial charge in [0.1, 0.15) is 28.8 Å². The van der Waals surface area contributed by atoms with Gasteiger partial charge in [0.05, 0.1) is 22.5 Å². The van der Waals surface area contributed by atoms with Gasteiger partial charge in [0.2, 0.25) is 12.3 Å². The monoisotopic (exact) mass is 1130 g/mol. The molecule has 20 heteroatoms. The smallest absolute Gasteiger partial charge is 0.242 e. The molecule has 0 radical (unpaired) electrons. The van der Waals surface area contributed by atoms with E-state index in [4.69, 9.17) is 42.1 Å². The van der Waals surface area contributed by atoms with Gasteiger partial charge in [-0.3, -0.25) is 34.7 Å². The van der Waals surface area contributed by atoms with Gasteiger partial charge in [0.15, 0.2) is 24.5 Å². The van der Waals surface area contributed by atoms with E-state index in [1.54, 1.807) is 7.05 Å². The third kappa shape index (κ3) is 18.1. The first-order valence-corrected chi connectivity index (χ1v) is 28.0. The molecule has 0 spiro atoms. The third-order valence-corrected chi connectivity index (χ3v) is 15.3. The fraction of sp³-hybridized carbons (Fsp3) is 0.475. The van der Waals surface area contributed by atoms with Gasteiger partial charge < -0.3 is 45.1 Å². The highest BCUT2D eigenvalue weighted by atomic mass is 35.5. The molecule has 2 amide bonds. The molecule has 5 heterocycles. The lowest BCUT2D eigenvalue weighted by Crippen LogP contribution is -2.50. The molecule has 3 atom stereocenters. The molecule has 2 saturated heterocycles. The molecule has 3 aromatic carbocycles. The summed E-state index contributed by atoms with van der Waals surface area (Å²) in [6.45, 7) is 19.4. The molecule has 0 saturated carbocycles. The number of fused-ring (bicyclic) bond motifs is 2. The summed E-state index contributed by atoms with van der Waals surface area (Å²) in [6, 6.07) is 17.9. The summed E-state index contributed by atoms with van der Waals surface area (Å²) in [7, 11) is 5.72. The molecule has 4 aliphatic rings. The number of ether oxygens (including phenoxy) is 1. The molecule has 4 aromatic rings. The maximum atomic E-state index is 12.7.